The van der Waals surface area contributed by atoms with Crippen molar-refractivity contribution >= 4 is 27.0 Å². The van der Waals surface area contributed by atoms with Crippen LogP contribution in [-0.4, -0.2) is 21.3 Å². The molecule has 2 rings (SSSR count). The number of imidazole rings is 1. The first-order valence-corrected chi connectivity index (χ1v) is 6.37. The molecular weight excluding hydrogens is 284 g/mol. The fraction of sp³-hybridized carbons (Fsp3) is 0.417. The molecule has 0 aliphatic carbocycles. The minimum atomic E-state index is -0.0111. The lowest BCUT2D eigenvalue weighted by Crippen LogP contribution is -2.02. The highest BCUT2D eigenvalue weighted by Gasteiger charge is 2.08. The number of ether oxygens (including phenoxy) is 1. The van der Waals surface area contributed by atoms with Crippen LogP contribution in [0.2, 0.25) is 0 Å². The summed E-state index contributed by atoms with van der Waals surface area (Å²) < 4.78 is 8.37. The van der Waals surface area contributed by atoms with Gasteiger partial charge in [-0.15, -0.1) is 0 Å². The minimum absolute atomic E-state index is 0.0111. The topological polar surface area (TPSA) is 47.3 Å². The molecule has 0 amide bonds. The lowest BCUT2D eigenvalue weighted by Gasteiger charge is -2.06. The number of benzene rings is 1. The normalized spacial score (nSPS) is 11.2. The molecule has 1 N–H and O–H groups in total. The SMILES string of the molecule is CCCOCn1cnc2c(CO)cc(Br)cc21. The van der Waals surface area contributed by atoms with E-state index in [9.17, 15) is 5.11 Å². The standard InChI is InChI=1S/C12H15BrN2O2/c1-2-3-17-8-15-7-14-12-9(6-16)4-10(13)5-11(12)15/h4-5,7,16H,2-3,6,8H2,1H3. The summed E-state index contributed by atoms with van der Waals surface area (Å²) in [6.45, 7) is 3.29. The highest BCUT2D eigenvalue weighted by Crippen LogP contribution is 2.23. The average Bonchev–Trinajstić information content (AvgIpc) is 2.72. The van der Waals surface area contributed by atoms with Crippen molar-refractivity contribution in [1.82, 2.24) is 9.55 Å². The van der Waals surface area contributed by atoms with E-state index in [1.54, 1.807) is 6.33 Å². The Bertz CT molecular complexity index is 510. The van der Waals surface area contributed by atoms with Gasteiger partial charge in [0, 0.05) is 16.6 Å². The van der Waals surface area contributed by atoms with Crippen molar-refractivity contribution in [3.05, 3.63) is 28.5 Å². The van der Waals surface area contributed by atoms with E-state index >= 15 is 0 Å². The zero-order chi connectivity index (χ0) is 12.3. The molecule has 0 saturated carbocycles. The van der Waals surface area contributed by atoms with E-state index in [2.05, 4.69) is 27.8 Å². The minimum Gasteiger partial charge on any atom is -0.392 e. The van der Waals surface area contributed by atoms with Gasteiger partial charge in [-0.3, -0.25) is 0 Å². The highest BCUT2D eigenvalue weighted by atomic mass is 79.9. The van der Waals surface area contributed by atoms with Crippen LogP contribution in [-0.2, 0) is 18.1 Å². The Morgan fingerprint density at radius 3 is 3.00 bits per heavy atom. The van der Waals surface area contributed by atoms with E-state index in [-0.39, 0.29) is 6.61 Å². The van der Waals surface area contributed by atoms with Crippen molar-refractivity contribution < 1.29 is 9.84 Å². The van der Waals surface area contributed by atoms with Gasteiger partial charge < -0.3 is 14.4 Å². The molecule has 0 saturated heterocycles. The van der Waals surface area contributed by atoms with Gasteiger partial charge in [-0.25, -0.2) is 4.98 Å². The molecule has 1 heterocycles. The van der Waals surface area contributed by atoms with Crippen LogP contribution in [0.3, 0.4) is 0 Å². The number of rotatable bonds is 5. The molecule has 5 heteroatoms. The first-order chi connectivity index (χ1) is 8.26. The van der Waals surface area contributed by atoms with Crippen molar-refractivity contribution in [3.63, 3.8) is 0 Å². The Hall–Kier alpha value is -0.910. The van der Waals surface area contributed by atoms with Crippen molar-refractivity contribution in [2.24, 2.45) is 0 Å². The maximum Gasteiger partial charge on any atom is 0.124 e. The second kappa shape index (κ2) is 5.62. The number of aromatic nitrogens is 2. The van der Waals surface area contributed by atoms with Crippen LogP contribution in [0.5, 0.6) is 0 Å². The summed E-state index contributed by atoms with van der Waals surface area (Å²) >= 11 is 3.43. The second-order valence-corrected chi connectivity index (χ2v) is 4.76. The number of aliphatic hydroxyl groups excluding tert-OH is 1. The van der Waals surface area contributed by atoms with Crippen LogP contribution in [0.1, 0.15) is 18.9 Å². The summed E-state index contributed by atoms with van der Waals surface area (Å²) in [4.78, 5) is 4.31. The van der Waals surface area contributed by atoms with Gasteiger partial charge in [0.2, 0.25) is 0 Å². The molecule has 92 valence electrons. The van der Waals surface area contributed by atoms with Crippen LogP contribution >= 0.6 is 15.9 Å². The van der Waals surface area contributed by atoms with Crippen LogP contribution in [0.4, 0.5) is 0 Å². The van der Waals surface area contributed by atoms with Gasteiger partial charge in [0.15, 0.2) is 0 Å². The third kappa shape index (κ3) is 2.68. The van der Waals surface area contributed by atoms with E-state index < -0.39 is 0 Å². The van der Waals surface area contributed by atoms with Crippen molar-refractivity contribution in [3.8, 4) is 0 Å². The quantitative estimate of drug-likeness (QED) is 0.863. The van der Waals surface area contributed by atoms with Gasteiger partial charge in [0.05, 0.1) is 24.0 Å². The summed E-state index contributed by atoms with van der Waals surface area (Å²) in [5.74, 6) is 0. The Kier molecular flexibility index (Phi) is 4.15. The lowest BCUT2D eigenvalue weighted by molar-refractivity contribution is 0.0800. The maximum absolute atomic E-state index is 9.28. The molecule has 1 aromatic carbocycles. The number of halogens is 1. The van der Waals surface area contributed by atoms with Gasteiger partial charge >= 0.3 is 0 Å². The monoisotopic (exact) mass is 298 g/mol. The first kappa shape index (κ1) is 12.5. The molecule has 0 fully saturated rings. The van der Waals surface area contributed by atoms with Gasteiger partial charge in [0.25, 0.3) is 0 Å². The largest absolute Gasteiger partial charge is 0.392 e. The summed E-state index contributed by atoms with van der Waals surface area (Å²) in [7, 11) is 0. The molecule has 0 atom stereocenters. The van der Waals surface area contributed by atoms with Crippen molar-refractivity contribution in [2.45, 2.75) is 26.7 Å². The third-order valence-corrected chi connectivity index (χ3v) is 2.98. The number of nitrogens with zero attached hydrogens (tertiary/aromatic N) is 2. The number of aliphatic hydroxyl groups is 1. The molecule has 2 aromatic rings. The number of hydrogen-bond donors (Lipinski definition) is 1. The van der Waals surface area contributed by atoms with Crippen molar-refractivity contribution in [1.29, 1.82) is 0 Å². The van der Waals surface area contributed by atoms with E-state index in [0.29, 0.717) is 6.73 Å². The summed E-state index contributed by atoms with van der Waals surface area (Å²) in [5, 5.41) is 9.28. The van der Waals surface area contributed by atoms with Crippen LogP contribution in [0, 0.1) is 0 Å². The van der Waals surface area contributed by atoms with E-state index in [1.807, 2.05) is 16.7 Å². The lowest BCUT2D eigenvalue weighted by atomic mass is 10.2. The molecule has 4 nitrogen and oxygen atoms in total. The highest BCUT2D eigenvalue weighted by molar-refractivity contribution is 9.10. The van der Waals surface area contributed by atoms with Crippen LogP contribution < -0.4 is 0 Å². The summed E-state index contributed by atoms with van der Waals surface area (Å²) in [6, 6.07) is 3.86. The molecule has 0 unspecified atom stereocenters. The Morgan fingerprint density at radius 1 is 1.47 bits per heavy atom. The molecular formula is C12H15BrN2O2. The molecule has 0 bridgehead atoms. The number of fused-ring (bicyclic) bond motifs is 1. The molecule has 1 aromatic heterocycles. The number of hydrogen-bond acceptors (Lipinski definition) is 3. The van der Waals surface area contributed by atoms with Gasteiger partial charge in [-0.2, -0.15) is 0 Å². The zero-order valence-electron chi connectivity index (χ0n) is 9.69. The van der Waals surface area contributed by atoms with E-state index in [4.69, 9.17) is 4.74 Å². The zero-order valence-corrected chi connectivity index (χ0v) is 11.3. The van der Waals surface area contributed by atoms with E-state index in [0.717, 1.165) is 34.1 Å². The summed E-state index contributed by atoms with van der Waals surface area (Å²) in [5.41, 5.74) is 2.62. The smallest absolute Gasteiger partial charge is 0.124 e. The van der Waals surface area contributed by atoms with Crippen LogP contribution in [0.25, 0.3) is 11.0 Å². The van der Waals surface area contributed by atoms with Gasteiger partial charge in [0.1, 0.15) is 6.73 Å². The first-order valence-electron chi connectivity index (χ1n) is 5.58. The molecule has 0 radical (unpaired) electrons. The molecule has 0 aliphatic rings. The Balaban J connectivity index is 2.35. The van der Waals surface area contributed by atoms with E-state index in [1.165, 1.54) is 0 Å². The van der Waals surface area contributed by atoms with Crippen molar-refractivity contribution in [2.75, 3.05) is 6.61 Å². The molecule has 0 aliphatic heterocycles. The fourth-order valence-corrected chi connectivity index (χ4v) is 2.22. The second-order valence-electron chi connectivity index (χ2n) is 3.84. The molecule has 0 spiro atoms. The third-order valence-electron chi connectivity index (χ3n) is 2.52. The fourth-order valence-electron chi connectivity index (χ4n) is 1.73. The van der Waals surface area contributed by atoms with Crippen LogP contribution in [0.15, 0.2) is 22.9 Å². The Labute approximate surface area is 108 Å². The predicted octanol–water partition coefficient (Wildman–Crippen LogP) is 2.68. The summed E-state index contributed by atoms with van der Waals surface area (Å²) in [6.07, 6.45) is 2.74. The van der Waals surface area contributed by atoms with Gasteiger partial charge in [-0.05, 0) is 18.6 Å². The predicted molar refractivity (Wildman–Crippen MR) is 69.6 cm³/mol. The molecule has 17 heavy (non-hydrogen) atoms. The maximum atomic E-state index is 9.28. The van der Waals surface area contributed by atoms with Gasteiger partial charge in [-0.1, -0.05) is 22.9 Å². The average molecular weight is 299 g/mol. The Morgan fingerprint density at radius 2 is 2.29 bits per heavy atom.